The van der Waals surface area contributed by atoms with E-state index in [4.69, 9.17) is 5.11 Å². The Balaban J connectivity index is 1.97. The van der Waals surface area contributed by atoms with E-state index >= 15 is 0 Å². The first kappa shape index (κ1) is 12.7. The van der Waals surface area contributed by atoms with Crippen molar-refractivity contribution in [2.45, 2.75) is 32.2 Å². The number of carboxylic acids is 1. The number of hydrogen-bond donors (Lipinski definition) is 2. The van der Waals surface area contributed by atoms with E-state index in [1.54, 1.807) is 6.07 Å². The Bertz CT molecular complexity index is 479. The molecule has 0 unspecified atom stereocenters. The van der Waals surface area contributed by atoms with Gasteiger partial charge in [0.2, 0.25) is 0 Å². The lowest BCUT2D eigenvalue weighted by Crippen LogP contribution is -2.34. The van der Waals surface area contributed by atoms with Crippen LogP contribution in [0.2, 0.25) is 0 Å². The number of aromatic nitrogens is 1. The van der Waals surface area contributed by atoms with E-state index in [9.17, 15) is 9.59 Å². The fraction of sp³-hybridized carbons (Fsp3) is 0.538. The standard InChI is InChI=1S/C13H18N2O3/c1-8-3-6-11(15(8)2)12(16)14-10-5-4-9(7-10)13(17)18/h3,6,9-10H,4-5,7H2,1-2H3,(H,14,16)(H,17,18)/t9-,10+/m1/s1. The number of aliphatic carboxylic acids is 1. The van der Waals surface area contributed by atoms with Crippen molar-refractivity contribution < 1.29 is 14.7 Å². The molecule has 1 heterocycles. The van der Waals surface area contributed by atoms with Gasteiger partial charge in [0, 0.05) is 18.8 Å². The molecule has 2 rings (SSSR count). The molecule has 1 aromatic rings. The molecule has 0 radical (unpaired) electrons. The van der Waals surface area contributed by atoms with Crippen LogP contribution in [0.3, 0.4) is 0 Å². The number of amides is 1. The Morgan fingerprint density at radius 1 is 1.39 bits per heavy atom. The van der Waals surface area contributed by atoms with Crippen molar-refractivity contribution in [2.24, 2.45) is 13.0 Å². The summed E-state index contributed by atoms with van der Waals surface area (Å²) in [6, 6.07) is 3.66. The van der Waals surface area contributed by atoms with Crippen molar-refractivity contribution in [1.29, 1.82) is 0 Å². The number of hydrogen-bond acceptors (Lipinski definition) is 2. The average Bonchev–Trinajstić information content (AvgIpc) is 2.88. The summed E-state index contributed by atoms with van der Waals surface area (Å²) in [6.45, 7) is 1.94. The highest BCUT2D eigenvalue weighted by Crippen LogP contribution is 2.25. The van der Waals surface area contributed by atoms with E-state index in [1.807, 2.05) is 24.6 Å². The summed E-state index contributed by atoms with van der Waals surface area (Å²) in [4.78, 5) is 22.9. The van der Waals surface area contributed by atoms with E-state index < -0.39 is 5.97 Å². The first-order chi connectivity index (χ1) is 8.49. The molecule has 0 aliphatic heterocycles. The minimum atomic E-state index is -0.763. The molecule has 0 spiro atoms. The van der Waals surface area contributed by atoms with Gasteiger partial charge in [-0.1, -0.05) is 0 Å². The molecule has 1 aromatic heterocycles. The lowest BCUT2D eigenvalue weighted by Gasteiger charge is -2.13. The number of nitrogens with zero attached hydrogens (tertiary/aromatic N) is 1. The van der Waals surface area contributed by atoms with Gasteiger partial charge in [-0.05, 0) is 38.3 Å². The van der Waals surface area contributed by atoms with Crippen LogP contribution in [0.4, 0.5) is 0 Å². The van der Waals surface area contributed by atoms with Crippen molar-refractivity contribution in [1.82, 2.24) is 9.88 Å². The zero-order valence-corrected chi connectivity index (χ0v) is 10.6. The van der Waals surface area contributed by atoms with E-state index in [1.165, 1.54) is 0 Å². The summed E-state index contributed by atoms with van der Waals surface area (Å²) in [5.41, 5.74) is 1.64. The highest BCUT2D eigenvalue weighted by molar-refractivity contribution is 5.93. The fourth-order valence-corrected chi connectivity index (χ4v) is 2.44. The number of aryl methyl sites for hydroxylation is 1. The van der Waals surface area contributed by atoms with Crippen LogP contribution in [0.5, 0.6) is 0 Å². The summed E-state index contributed by atoms with van der Waals surface area (Å²) in [7, 11) is 1.85. The maximum absolute atomic E-state index is 12.0. The third-order valence-corrected chi connectivity index (χ3v) is 3.72. The Hall–Kier alpha value is -1.78. The van der Waals surface area contributed by atoms with Crippen LogP contribution in [-0.4, -0.2) is 27.6 Å². The number of carboxylic acid groups (broad SMARTS) is 1. The second-order valence-electron chi connectivity index (χ2n) is 4.94. The average molecular weight is 250 g/mol. The predicted octanol–water partition coefficient (Wildman–Crippen LogP) is 1.32. The fourth-order valence-electron chi connectivity index (χ4n) is 2.44. The molecule has 1 amide bonds. The van der Waals surface area contributed by atoms with Gasteiger partial charge in [0.25, 0.3) is 5.91 Å². The Morgan fingerprint density at radius 3 is 2.61 bits per heavy atom. The van der Waals surface area contributed by atoms with Crippen molar-refractivity contribution in [2.75, 3.05) is 0 Å². The molecule has 0 saturated heterocycles. The zero-order valence-electron chi connectivity index (χ0n) is 10.6. The van der Waals surface area contributed by atoms with Crippen LogP contribution in [0, 0.1) is 12.8 Å². The van der Waals surface area contributed by atoms with Crippen molar-refractivity contribution >= 4 is 11.9 Å². The summed E-state index contributed by atoms with van der Waals surface area (Å²) >= 11 is 0. The molecule has 5 heteroatoms. The molecule has 18 heavy (non-hydrogen) atoms. The van der Waals surface area contributed by atoms with E-state index in [0.29, 0.717) is 18.5 Å². The van der Waals surface area contributed by atoms with E-state index in [-0.39, 0.29) is 17.9 Å². The lowest BCUT2D eigenvalue weighted by molar-refractivity contribution is -0.141. The lowest BCUT2D eigenvalue weighted by atomic mass is 10.1. The van der Waals surface area contributed by atoms with Crippen LogP contribution in [0.15, 0.2) is 12.1 Å². The van der Waals surface area contributed by atoms with Gasteiger partial charge in [0.15, 0.2) is 0 Å². The Morgan fingerprint density at radius 2 is 2.11 bits per heavy atom. The molecule has 2 N–H and O–H groups in total. The highest BCUT2D eigenvalue weighted by atomic mass is 16.4. The van der Waals surface area contributed by atoms with Crippen LogP contribution < -0.4 is 5.32 Å². The number of nitrogens with one attached hydrogen (secondary N) is 1. The second kappa shape index (κ2) is 4.84. The maximum atomic E-state index is 12.0. The van der Waals surface area contributed by atoms with Gasteiger partial charge in [-0.3, -0.25) is 9.59 Å². The number of carbonyl (C=O) groups excluding carboxylic acids is 1. The largest absolute Gasteiger partial charge is 0.481 e. The zero-order chi connectivity index (χ0) is 13.3. The Kier molecular flexibility index (Phi) is 3.41. The third-order valence-electron chi connectivity index (χ3n) is 3.72. The topological polar surface area (TPSA) is 71.3 Å². The smallest absolute Gasteiger partial charge is 0.306 e. The highest BCUT2D eigenvalue weighted by Gasteiger charge is 2.30. The maximum Gasteiger partial charge on any atom is 0.306 e. The minimum Gasteiger partial charge on any atom is -0.481 e. The van der Waals surface area contributed by atoms with Gasteiger partial charge in [-0.25, -0.2) is 0 Å². The van der Waals surface area contributed by atoms with Crippen molar-refractivity contribution in [3.05, 3.63) is 23.5 Å². The molecule has 0 aromatic carbocycles. The van der Waals surface area contributed by atoms with Crippen molar-refractivity contribution in [3.8, 4) is 0 Å². The van der Waals surface area contributed by atoms with Crippen LogP contribution in [0.25, 0.3) is 0 Å². The predicted molar refractivity (Wildman–Crippen MR) is 66.4 cm³/mol. The summed E-state index contributed by atoms with van der Waals surface area (Å²) in [5, 5.41) is 11.8. The van der Waals surface area contributed by atoms with Crippen LogP contribution in [-0.2, 0) is 11.8 Å². The molecule has 0 bridgehead atoms. The number of carbonyl (C=O) groups is 2. The van der Waals surface area contributed by atoms with Gasteiger partial charge < -0.3 is 15.0 Å². The molecular weight excluding hydrogens is 232 g/mol. The quantitative estimate of drug-likeness (QED) is 0.849. The first-order valence-electron chi connectivity index (χ1n) is 6.15. The minimum absolute atomic E-state index is 0.0196. The first-order valence-corrected chi connectivity index (χ1v) is 6.15. The molecule has 1 aliphatic carbocycles. The SMILES string of the molecule is Cc1ccc(C(=O)N[C@H]2CC[C@@H](C(=O)O)C2)n1C. The summed E-state index contributed by atoms with van der Waals surface area (Å²) in [5.74, 6) is -1.20. The molecule has 98 valence electrons. The summed E-state index contributed by atoms with van der Waals surface area (Å²) < 4.78 is 1.83. The molecule has 1 saturated carbocycles. The van der Waals surface area contributed by atoms with Crippen LogP contribution >= 0.6 is 0 Å². The molecule has 2 atom stereocenters. The Labute approximate surface area is 106 Å². The van der Waals surface area contributed by atoms with Gasteiger partial charge in [0.05, 0.1) is 5.92 Å². The van der Waals surface area contributed by atoms with Crippen molar-refractivity contribution in [3.63, 3.8) is 0 Å². The van der Waals surface area contributed by atoms with Gasteiger partial charge in [-0.2, -0.15) is 0 Å². The van der Waals surface area contributed by atoms with E-state index in [0.717, 1.165) is 12.1 Å². The van der Waals surface area contributed by atoms with Crippen LogP contribution in [0.1, 0.15) is 35.4 Å². The third kappa shape index (κ3) is 2.39. The second-order valence-corrected chi connectivity index (χ2v) is 4.94. The van der Waals surface area contributed by atoms with Gasteiger partial charge in [-0.15, -0.1) is 0 Å². The van der Waals surface area contributed by atoms with E-state index in [2.05, 4.69) is 5.32 Å². The normalized spacial score (nSPS) is 23.0. The van der Waals surface area contributed by atoms with Gasteiger partial charge >= 0.3 is 5.97 Å². The molecule has 5 nitrogen and oxygen atoms in total. The summed E-state index contributed by atoms with van der Waals surface area (Å²) in [6.07, 6.45) is 1.92. The molecular formula is C13H18N2O3. The monoisotopic (exact) mass is 250 g/mol. The molecule has 1 aliphatic rings. The van der Waals surface area contributed by atoms with Gasteiger partial charge in [0.1, 0.15) is 5.69 Å². The number of rotatable bonds is 3. The molecule has 1 fully saturated rings.